The summed E-state index contributed by atoms with van der Waals surface area (Å²) in [6.07, 6.45) is 1.32. The molecular weight excluding hydrogens is 180 g/mol. The van der Waals surface area contributed by atoms with Crippen LogP contribution >= 0.6 is 0 Å². The molecule has 0 aliphatic heterocycles. The third kappa shape index (κ3) is 8.01. The van der Waals surface area contributed by atoms with E-state index in [-0.39, 0.29) is 12.0 Å². The zero-order valence-corrected chi connectivity index (χ0v) is 9.34. The standard InChI is InChI=1S/C10H22N2O2/c1-4-8(13)5-6-12-9(14)7-10(2,3)11/h8,13H,4-7,11H2,1-3H3,(H,12,14). The van der Waals surface area contributed by atoms with Crippen molar-refractivity contribution in [3.05, 3.63) is 0 Å². The molecule has 4 N–H and O–H groups in total. The van der Waals surface area contributed by atoms with Gasteiger partial charge in [0.15, 0.2) is 0 Å². The number of rotatable bonds is 6. The summed E-state index contributed by atoms with van der Waals surface area (Å²) in [7, 11) is 0. The average Bonchev–Trinajstić information content (AvgIpc) is 2.00. The third-order valence-corrected chi connectivity index (χ3v) is 1.89. The van der Waals surface area contributed by atoms with Crippen molar-refractivity contribution in [2.24, 2.45) is 5.73 Å². The fourth-order valence-corrected chi connectivity index (χ4v) is 1.06. The van der Waals surface area contributed by atoms with Crippen molar-refractivity contribution in [1.82, 2.24) is 5.32 Å². The lowest BCUT2D eigenvalue weighted by Gasteiger charge is -2.17. The van der Waals surface area contributed by atoms with Crippen LogP contribution in [0.1, 0.15) is 40.0 Å². The van der Waals surface area contributed by atoms with Crippen molar-refractivity contribution in [1.29, 1.82) is 0 Å². The Morgan fingerprint density at radius 2 is 2.14 bits per heavy atom. The maximum atomic E-state index is 11.3. The summed E-state index contributed by atoms with van der Waals surface area (Å²) in [5.41, 5.74) is 5.22. The first-order chi connectivity index (χ1) is 6.35. The van der Waals surface area contributed by atoms with E-state index < -0.39 is 5.54 Å². The largest absolute Gasteiger partial charge is 0.393 e. The number of carbonyl (C=O) groups is 1. The van der Waals surface area contributed by atoms with Gasteiger partial charge >= 0.3 is 0 Å². The van der Waals surface area contributed by atoms with Gasteiger partial charge in [-0.15, -0.1) is 0 Å². The predicted molar refractivity (Wildman–Crippen MR) is 56.8 cm³/mol. The zero-order chi connectivity index (χ0) is 11.2. The fourth-order valence-electron chi connectivity index (χ4n) is 1.06. The van der Waals surface area contributed by atoms with E-state index in [1.165, 1.54) is 0 Å². The van der Waals surface area contributed by atoms with Gasteiger partial charge < -0.3 is 16.2 Å². The third-order valence-electron chi connectivity index (χ3n) is 1.89. The molecule has 0 aromatic carbocycles. The Kier molecular flexibility index (Phi) is 5.72. The Hall–Kier alpha value is -0.610. The number of aliphatic hydroxyl groups is 1. The van der Waals surface area contributed by atoms with Crippen molar-refractivity contribution in [2.75, 3.05) is 6.54 Å². The second-order valence-corrected chi connectivity index (χ2v) is 4.37. The summed E-state index contributed by atoms with van der Waals surface area (Å²) < 4.78 is 0. The molecule has 0 spiro atoms. The molecule has 0 saturated carbocycles. The maximum absolute atomic E-state index is 11.3. The topological polar surface area (TPSA) is 75.3 Å². The Bertz CT molecular complexity index is 175. The number of aliphatic hydroxyl groups excluding tert-OH is 1. The van der Waals surface area contributed by atoms with Gasteiger partial charge in [-0.1, -0.05) is 6.92 Å². The highest BCUT2D eigenvalue weighted by Crippen LogP contribution is 2.02. The van der Waals surface area contributed by atoms with Gasteiger partial charge in [0.25, 0.3) is 0 Å². The SMILES string of the molecule is CCC(O)CCNC(=O)CC(C)(C)N. The van der Waals surface area contributed by atoms with Crippen molar-refractivity contribution in [3.63, 3.8) is 0 Å². The Labute approximate surface area is 85.9 Å². The van der Waals surface area contributed by atoms with Gasteiger partial charge in [0.2, 0.25) is 5.91 Å². The number of hydrogen-bond donors (Lipinski definition) is 3. The Morgan fingerprint density at radius 3 is 2.57 bits per heavy atom. The van der Waals surface area contributed by atoms with Gasteiger partial charge in [0.05, 0.1) is 6.10 Å². The summed E-state index contributed by atoms with van der Waals surface area (Å²) in [4.78, 5) is 11.3. The minimum atomic E-state index is -0.465. The second kappa shape index (κ2) is 5.98. The predicted octanol–water partition coefficient (Wildman–Crippen LogP) is 0.391. The molecule has 0 rings (SSSR count). The van der Waals surface area contributed by atoms with Gasteiger partial charge in [-0.3, -0.25) is 4.79 Å². The van der Waals surface area contributed by atoms with E-state index in [0.717, 1.165) is 6.42 Å². The molecule has 14 heavy (non-hydrogen) atoms. The van der Waals surface area contributed by atoms with E-state index in [1.54, 1.807) is 0 Å². The lowest BCUT2D eigenvalue weighted by molar-refractivity contribution is -0.122. The van der Waals surface area contributed by atoms with E-state index in [9.17, 15) is 9.90 Å². The lowest BCUT2D eigenvalue weighted by atomic mass is 10.0. The first-order valence-electron chi connectivity index (χ1n) is 5.09. The number of nitrogens with two attached hydrogens (primary N) is 1. The summed E-state index contributed by atoms with van der Waals surface area (Å²) in [6, 6.07) is 0. The van der Waals surface area contributed by atoms with Crippen LogP contribution < -0.4 is 11.1 Å². The molecule has 84 valence electrons. The molecule has 0 aromatic heterocycles. The van der Waals surface area contributed by atoms with Gasteiger partial charge in [-0.25, -0.2) is 0 Å². The first kappa shape index (κ1) is 13.4. The van der Waals surface area contributed by atoms with Crippen molar-refractivity contribution in [3.8, 4) is 0 Å². The summed E-state index contributed by atoms with van der Waals surface area (Å²) in [5, 5.41) is 12.0. The van der Waals surface area contributed by atoms with Crippen molar-refractivity contribution in [2.45, 2.75) is 51.7 Å². The quantitative estimate of drug-likeness (QED) is 0.583. The van der Waals surface area contributed by atoms with Gasteiger partial charge in [0, 0.05) is 18.5 Å². The molecule has 0 radical (unpaired) electrons. The molecule has 0 aliphatic rings. The minimum Gasteiger partial charge on any atom is -0.393 e. The average molecular weight is 202 g/mol. The van der Waals surface area contributed by atoms with E-state index in [0.29, 0.717) is 19.4 Å². The minimum absolute atomic E-state index is 0.0548. The molecule has 1 amide bonds. The summed E-state index contributed by atoms with van der Waals surface area (Å²) in [5.74, 6) is -0.0548. The highest BCUT2D eigenvalue weighted by atomic mass is 16.3. The highest BCUT2D eigenvalue weighted by Gasteiger charge is 2.15. The van der Waals surface area contributed by atoms with E-state index >= 15 is 0 Å². The molecule has 1 atom stereocenters. The molecule has 0 fully saturated rings. The van der Waals surface area contributed by atoms with Crippen LogP contribution in [0.2, 0.25) is 0 Å². The van der Waals surface area contributed by atoms with Crippen molar-refractivity contribution >= 4 is 5.91 Å². The molecule has 4 heteroatoms. The number of nitrogens with one attached hydrogen (secondary N) is 1. The summed E-state index contributed by atoms with van der Waals surface area (Å²) >= 11 is 0. The molecule has 1 unspecified atom stereocenters. The fraction of sp³-hybridized carbons (Fsp3) is 0.900. The van der Waals surface area contributed by atoms with Crippen LogP contribution in [0, 0.1) is 0 Å². The van der Waals surface area contributed by atoms with Crippen molar-refractivity contribution < 1.29 is 9.90 Å². The first-order valence-corrected chi connectivity index (χ1v) is 5.09. The normalized spacial score (nSPS) is 13.8. The van der Waals surface area contributed by atoms with Crippen LogP contribution in [-0.2, 0) is 4.79 Å². The molecule has 0 bridgehead atoms. The smallest absolute Gasteiger partial charge is 0.221 e. The molecular formula is C10H22N2O2. The van der Waals surface area contributed by atoms with Gasteiger partial charge in [-0.05, 0) is 26.7 Å². The lowest BCUT2D eigenvalue weighted by Crippen LogP contribution is -2.39. The van der Waals surface area contributed by atoms with E-state index in [2.05, 4.69) is 5.32 Å². The number of hydrogen-bond acceptors (Lipinski definition) is 3. The Balaban J connectivity index is 3.55. The van der Waals surface area contributed by atoms with E-state index in [4.69, 9.17) is 5.73 Å². The van der Waals surface area contributed by atoms with Crippen LogP contribution in [-0.4, -0.2) is 29.2 Å². The Morgan fingerprint density at radius 1 is 1.57 bits per heavy atom. The molecule has 0 heterocycles. The molecule has 0 saturated heterocycles. The maximum Gasteiger partial charge on any atom is 0.221 e. The van der Waals surface area contributed by atoms with Crippen LogP contribution in [0.3, 0.4) is 0 Å². The molecule has 0 aliphatic carbocycles. The van der Waals surface area contributed by atoms with Crippen LogP contribution in [0.15, 0.2) is 0 Å². The van der Waals surface area contributed by atoms with Gasteiger partial charge in [-0.2, -0.15) is 0 Å². The monoisotopic (exact) mass is 202 g/mol. The van der Waals surface area contributed by atoms with Crippen LogP contribution in [0.5, 0.6) is 0 Å². The molecule has 0 aromatic rings. The highest BCUT2D eigenvalue weighted by molar-refractivity contribution is 5.76. The zero-order valence-electron chi connectivity index (χ0n) is 9.34. The van der Waals surface area contributed by atoms with E-state index in [1.807, 2.05) is 20.8 Å². The van der Waals surface area contributed by atoms with Crippen LogP contribution in [0.4, 0.5) is 0 Å². The van der Waals surface area contributed by atoms with Crippen LogP contribution in [0.25, 0.3) is 0 Å². The second-order valence-electron chi connectivity index (χ2n) is 4.37. The number of amides is 1. The molecule has 4 nitrogen and oxygen atoms in total. The summed E-state index contributed by atoms with van der Waals surface area (Å²) in [6.45, 7) is 6.06. The number of carbonyl (C=O) groups excluding carboxylic acids is 1. The van der Waals surface area contributed by atoms with Gasteiger partial charge in [0.1, 0.15) is 0 Å².